The molecule has 3 rings (SSSR count). The SMILES string of the molecule is Nc1ccccc1SCCN1CCN(c2cccc([N+](=O)[O-])c2)CC1. The summed E-state index contributed by atoms with van der Waals surface area (Å²) < 4.78 is 0. The number of nitro benzene ring substituents is 1. The van der Waals surface area contributed by atoms with Gasteiger partial charge in [0.1, 0.15) is 0 Å². The molecule has 1 aliphatic rings. The molecule has 0 aliphatic carbocycles. The molecule has 7 heteroatoms. The maximum atomic E-state index is 10.9. The summed E-state index contributed by atoms with van der Waals surface area (Å²) in [7, 11) is 0. The lowest BCUT2D eigenvalue weighted by molar-refractivity contribution is -0.384. The topological polar surface area (TPSA) is 75.6 Å². The fourth-order valence-corrected chi connectivity index (χ4v) is 3.91. The van der Waals surface area contributed by atoms with Crippen LogP contribution in [0.5, 0.6) is 0 Å². The highest BCUT2D eigenvalue weighted by atomic mass is 32.2. The van der Waals surface area contributed by atoms with Crippen molar-refractivity contribution in [2.45, 2.75) is 4.90 Å². The average Bonchev–Trinajstić information content (AvgIpc) is 2.64. The molecule has 0 saturated carbocycles. The van der Waals surface area contributed by atoms with Crippen molar-refractivity contribution in [1.82, 2.24) is 4.90 Å². The molecule has 1 saturated heterocycles. The number of benzene rings is 2. The van der Waals surface area contributed by atoms with Gasteiger partial charge in [-0.25, -0.2) is 0 Å². The minimum absolute atomic E-state index is 0.150. The van der Waals surface area contributed by atoms with Crippen LogP contribution < -0.4 is 10.6 Å². The summed E-state index contributed by atoms with van der Waals surface area (Å²) in [6, 6.07) is 14.8. The number of non-ortho nitro benzene ring substituents is 1. The van der Waals surface area contributed by atoms with Crippen molar-refractivity contribution in [3.63, 3.8) is 0 Å². The fourth-order valence-electron chi connectivity index (χ4n) is 2.93. The highest BCUT2D eigenvalue weighted by Crippen LogP contribution is 2.25. The molecule has 0 unspecified atom stereocenters. The first-order valence-electron chi connectivity index (χ1n) is 8.32. The quantitative estimate of drug-likeness (QED) is 0.370. The molecule has 2 aromatic rings. The highest BCUT2D eigenvalue weighted by molar-refractivity contribution is 7.99. The number of hydrogen-bond donors (Lipinski definition) is 1. The second-order valence-electron chi connectivity index (χ2n) is 5.99. The summed E-state index contributed by atoms with van der Waals surface area (Å²) in [5.74, 6) is 1.00. The highest BCUT2D eigenvalue weighted by Gasteiger charge is 2.18. The van der Waals surface area contributed by atoms with Crippen molar-refractivity contribution >= 4 is 28.8 Å². The van der Waals surface area contributed by atoms with Crippen molar-refractivity contribution in [2.75, 3.05) is 49.1 Å². The van der Waals surface area contributed by atoms with Crippen LogP contribution in [-0.2, 0) is 0 Å². The Kier molecular flexibility index (Phi) is 5.78. The van der Waals surface area contributed by atoms with Crippen molar-refractivity contribution in [3.05, 3.63) is 58.6 Å². The lowest BCUT2D eigenvalue weighted by Gasteiger charge is -2.36. The van der Waals surface area contributed by atoms with E-state index in [1.54, 1.807) is 23.9 Å². The van der Waals surface area contributed by atoms with Crippen LogP contribution in [0.3, 0.4) is 0 Å². The number of nitrogens with two attached hydrogens (primary N) is 1. The number of anilines is 2. The van der Waals surface area contributed by atoms with Gasteiger partial charge in [0.2, 0.25) is 0 Å². The van der Waals surface area contributed by atoms with Crippen molar-refractivity contribution < 1.29 is 4.92 Å². The predicted octanol–water partition coefficient (Wildman–Crippen LogP) is 3.09. The predicted molar refractivity (Wildman–Crippen MR) is 103 cm³/mol. The average molecular weight is 358 g/mol. The number of nitrogens with zero attached hydrogens (tertiary/aromatic N) is 3. The molecular weight excluding hydrogens is 336 g/mol. The summed E-state index contributed by atoms with van der Waals surface area (Å²) in [5.41, 5.74) is 7.88. The summed E-state index contributed by atoms with van der Waals surface area (Å²) >= 11 is 1.79. The number of para-hydroxylation sites is 1. The van der Waals surface area contributed by atoms with Gasteiger partial charge in [0.05, 0.1) is 4.92 Å². The first-order chi connectivity index (χ1) is 12.1. The molecular formula is C18H22N4O2S. The van der Waals surface area contributed by atoms with E-state index in [2.05, 4.69) is 15.9 Å². The molecule has 0 bridgehead atoms. The summed E-state index contributed by atoms with van der Waals surface area (Å²) in [5, 5.41) is 10.9. The van der Waals surface area contributed by atoms with E-state index in [0.717, 1.165) is 54.7 Å². The van der Waals surface area contributed by atoms with Crippen LogP contribution in [-0.4, -0.2) is 48.3 Å². The van der Waals surface area contributed by atoms with Gasteiger partial charge in [0.15, 0.2) is 0 Å². The van der Waals surface area contributed by atoms with Gasteiger partial charge in [-0.15, -0.1) is 11.8 Å². The van der Waals surface area contributed by atoms with Gasteiger partial charge in [-0.2, -0.15) is 0 Å². The zero-order valence-electron chi connectivity index (χ0n) is 14.0. The first-order valence-corrected chi connectivity index (χ1v) is 9.31. The van der Waals surface area contributed by atoms with Gasteiger partial charge in [-0.05, 0) is 18.2 Å². The normalized spacial score (nSPS) is 15.3. The molecule has 132 valence electrons. The Morgan fingerprint density at radius 2 is 1.84 bits per heavy atom. The molecule has 25 heavy (non-hydrogen) atoms. The van der Waals surface area contributed by atoms with Gasteiger partial charge >= 0.3 is 0 Å². The smallest absolute Gasteiger partial charge is 0.271 e. The van der Waals surface area contributed by atoms with Crippen molar-refractivity contribution in [1.29, 1.82) is 0 Å². The molecule has 0 atom stereocenters. The number of nitro groups is 1. The number of hydrogen-bond acceptors (Lipinski definition) is 6. The molecule has 1 aliphatic heterocycles. The van der Waals surface area contributed by atoms with Crippen LogP contribution in [0.1, 0.15) is 0 Å². The van der Waals surface area contributed by atoms with Crippen LogP contribution >= 0.6 is 11.8 Å². The summed E-state index contributed by atoms with van der Waals surface area (Å²) in [4.78, 5) is 16.4. The molecule has 0 radical (unpaired) electrons. The third-order valence-electron chi connectivity index (χ3n) is 4.36. The van der Waals surface area contributed by atoms with Crippen LogP contribution in [0.2, 0.25) is 0 Å². The van der Waals surface area contributed by atoms with Crippen LogP contribution in [0.25, 0.3) is 0 Å². The Labute approximate surface area is 151 Å². The van der Waals surface area contributed by atoms with E-state index in [1.165, 1.54) is 6.07 Å². The maximum Gasteiger partial charge on any atom is 0.271 e. The largest absolute Gasteiger partial charge is 0.398 e. The van der Waals surface area contributed by atoms with Gasteiger partial charge in [-0.3, -0.25) is 15.0 Å². The molecule has 1 heterocycles. The Balaban J connectivity index is 1.46. The molecule has 0 amide bonds. The van der Waals surface area contributed by atoms with E-state index in [-0.39, 0.29) is 10.6 Å². The van der Waals surface area contributed by atoms with Crippen LogP contribution in [0.4, 0.5) is 17.1 Å². The second kappa shape index (κ2) is 8.22. The van der Waals surface area contributed by atoms with E-state index >= 15 is 0 Å². The van der Waals surface area contributed by atoms with Crippen molar-refractivity contribution in [3.8, 4) is 0 Å². The van der Waals surface area contributed by atoms with Gasteiger partial charge in [0.25, 0.3) is 5.69 Å². The maximum absolute atomic E-state index is 10.9. The Hall–Kier alpha value is -2.25. The molecule has 1 fully saturated rings. The Bertz CT molecular complexity index is 733. The third kappa shape index (κ3) is 4.64. The third-order valence-corrected chi connectivity index (χ3v) is 5.43. The minimum atomic E-state index is -0.341. The van der Waals surface area contributed by atoms with E-state index in [0.29, 0.717) is 0 Å². The van der Waals surface area contributed by atoms with Gasteiger partial charge in [0, 0.05) is 66.9 Å². The van der Waals surface area contributed by atoms with E-state index in [4.69, 9.17) is 5.73 Å². The zero-order chi connectivity index (χ0) is 17.6. The lowest BCUT2D eigenvalue weighted by Crippen LogP contribution is -2.47. The standard InChI is InChI=1S/C18H22N4O2S/c19-17-6-1-2-7-18(17)25-13-12-20-8-10-21(11-9-20)15-4-3-5-16(14-15)22(23)24/h1-7,14H,8-13,19H2. The number of rotatable bonds is 6. The lowest BCUT2D eigenvalue weighted by atomic mass is 10.2. The molecule has 2 aromatic carbocycles. The number of thioether (sulfide) groups is 1. The fraction of sp³-hybridized carbons (Fsp3) is 0.333. The van der Waals surface area contributed by atoms with Gasteiger partial charge < -0.3 is 10.6 Å². The summed E-state index contributed by atoms with van der Waals surface area (Å²) in [6.07, 6.45) is 0. The Morgan fingerprint density at radius 1 is 1.08 bits per heavy atom. The molecule has 6 nitrogen and oxygen atoms in total. The molecule has 2 N–H and O–H groups in total. The summed E-state index contributed by atoms with van der Waals surface area (Å²) in [6.45, 7) is 4.72. The molecule has 0 aromatic heterocycles. The van der Waals surface area contributed by atoms with Gasteiger partial charge in [-0.1, -0.05) is 18.2 Å². The minimum Gasteiger partial charge on any atom is -0.398 e. The number of piperazine rings is 1. The van der Waals surface area contributed by atoms with E-state index in [9.17, 15) is 10.1 Å². The van der Waals surface area contributed by atoms with Crippen LogP contribution in [0, 0.1) is 10.1 Å². The monoisotopic (exact) mass is 358 g/mol. The van der Waals surface area contributed by atoms with E-state index in [1.807, 2.05) is 24.3 Å². The van der Waals surface area contributed by atoms with E-state index < -0.39 is 0 Å². The first kappa shape index (κ1) is 17.6. The second-order valence-corrected chi connectivity index (χ2v) is 7.13. The zero-order valence-corrected chi connectivity index (χ0v) is 14.8. The Morgan fingerprint density at radius 3 is 2.56 bits per heavy atom. The number of nitrogen functional groups attached to an aromatic ring is 1. The van der Waals surface area contributed by atoms with Crippen LogP contribution in [0.15, 0.2) is 53.4 Å². The molecule has 0 spiro atoms. The van der Waals surface area contributed by atoms with Crippen molar-refractivity contribution in [2.24, 2.45) is 0 Å².